The lowest BCUT2D eigenvalue weighted by molar-refractivity contribution is 0.660. The Bertz CT molecular complexity index is 3140. The quantitative estimate of drug-likeness (QED) is 0.150. The Morgan fingerprint density at radius 1 is 0.339 bits per heavy atom. The SMILES string of the molecule is CC1(C)c2ccccc2-c2cc(-c3nc(-c4ccc([Si](C)(C)C)cc4)nc(-c4cccc(-c5ccc6c(c5)C(c5ccccc5)(c5ccccc5)c5ccccc5-6)c4)n3)ccc21. The molecule has 0 radical (unpaired) electrons. The highest BCUT2D eigenvalue weighted by atomic mass is 28.3. The van der Waals surface area contributed by atoms with Gasteiger partial charge in [-0.2, -0.15) is 0 Å². The van der Waals surface area contributed by atoms with Gasteiger partial charge in [-0.1, -0.05) is 215 Å². The second-order valence-electron chi connectivity index (χ2n) is 18.4. The highest BCUT2D eigenvalue weighted by Gasteiger charge is 2.46. The first kappa shape index (κ1) is 37.9. The molecule has 1 aromatic heterocycles. The summed E-state index contributed by atoms with van der Waals surface area (Å²) in [5.41, 5.74) is 17.4. The van der Waals surface area contributed by atoms with Gasteiger partial charge in [0.25, 0.3) is 0 Å². The Morgan fingerprint density at radius 3 is 1.45 bits per heavy atom. The molecule has 0 N–H and O–H groups in total. The minimum absolute atomic E-state index is 0.0827. The van der Waals surface area contributed by atoms with Crippen LogP contribution in [0.25, 0.3) is 67.5 Å². The van der Waals surface area contributed by atoms with E-state index in [1.807, 2.05) is 0 Å². The first-order chi connectivity index (χ1) is 30.1. The normalized spacial score (nSPS) is 14.1. The van der Waals surface area contributed by atoms with E-state index in [1.165, 1.54) is 60.8 Å². The van der Waals surface area contributed by atoms with Gasteiger partial charge in [0, 0.05) is 22.1 Å². The first-order valence-electron chi connectivity index (χ1n) is 21.7. The van der Waals surface area contributed by atoms with Crippen LogP contribution in [-0.2, 0) is 10.8 Å². The van der Waals surface area contributed by atoms with Crippen molar-refractivity contribution in [1.29, 1.82) is 0 Å². The van der Waals surface area contributed by atoms with Gasteiger partial charge in [-0.25, -0.2) is 15.0 Å². The van der Waals surface area contributed by atoms with E-state index in [1.54, 1.807) is 0 Å². The summed E-state index contributed by atoms with van der Waals surface area (Å²) in [7, 11) is -1.50. The standard InChI is InChI=1S/C58H47N3Si/c1-57(2)50-25-14-12-24-47(50)49-36-42(30-34-51(49)57)56-60-54(38-27-31-45(32-28-38)62(3,4)5)59-55(61-56)41-18-16-17-39(35-41)40-29-33-48-46-23-13-15-26-52(46)58(53(48)37-40,43-19-8-6-9-20-43)44-21-10-7-11-22-44/h6-37H,1-5H3. The Balaban J connectivity index is 1.07. The molecule has 0 fully saturated rings. The lowest BCUT2D eigenvalue weighted by Gasteiger charge is -2.34. The zero-order chi connectivity index (χ0) is 42.2. The van der Waals surface area contributed by atoms with Crippen LogP contribution >= 0.6 is 0 Å². The van der Waals surface area contributed by atoms with Gasteiger partial charge in [0.05, 0.1) is 13.5 Å². The maximum atomic E-state index is 5.28. The van der Waals surface area contributed by atoms with Crippen molar-refractivity contribution in [1.82, 2.24) is 15.0 Å². The molecule has 8 aromatic carbocycles. The first-order valence-corrected chi connectivity index (χ1v) is 25.2. The lowest BCUT2D eigenvalue weighted by atomic mass is 9.67. The topological polar surface area (TPSA) is 38.7 Å². The molecular formula is C58H47N3Si. The molecule has 0 bridgehead atoms. The minimum atomic E-state index is -1.50. The van der Waals surface area contributed by atoms with Crippen LogP contribution in [0.3, 0.4) is 0 Å². The third-order valence-corrected chi connectivity index (χ3v) is 15.5. The summed E-state index contributed by atoms with van der Waals surface area (Å²) in [6.45, 7) is 11.8. The van der Waals surface area contributed by atoms with Crippen molar-refractivity contribution in [2.24, 2.45) is 0 Å². The molecule has 0 unspecified atom stereocenters. The summed E-state index contributed by atoms with van der Waals surface area (Å²) in [6, 6.07) is 71.0. The van der Waals surface area contributed by atoms with Crippen molar-refractivity contribution in [3.63, 3.8) is 0 Å². The zero-order valence-corrected chi connectivity index (χ0v) is 36.8. The summed E-state index contributed by atoms with van der Waals surface area (Å²) < 4.78 is 0. The smallest absolute Gasteiger partial charge is 0.164 e. The highest BCUT2D eigenvalue weighted by Crippen LogP contribution is 2.57. The van der Waals surface area contributed by atoms with Gasteiger partial charge in [-0.3, -0.25) is 0 Å². The van der Waals surface area contributed by atoms with Crippen molar-refractivity contribution in [3.8, 4) is 67.5 Å². The molecule has 0 amide bonds. The largest absolute Gasteiger partial charge is 0.208 e. The van der Waals surface area contributed by atoms with Crippen molar-refractivity contribution in [3.05, 3.63) is 228 Å². The summed E-state index contributed by atoms with van der Waals surface area (Å²) in [5, 5.41) is 1.41. The van der Waals surface area contributed by atoms with Crippen molar-refractivity contribution in [2.75, 3.05) is 0 Å². The molecule has 1 heterocycles. The molecule has 0 saturated carbocycles. The fourth-order valence-corrected chi connectivity index (χ4v) is 11.4. The maximum absolute atomic E-state index is 5.28. The molecular weight excluding hydrogens is 767 g/mol. The van der Waals surface area contributed by atoms with Crippen LogP contribution in [-0.4, -0.2) is 23.0 Å². The maximum Gasteiger partial charge on any atom is 0.164 e. The monoisotopic (exact) mass is 813 g/mol. The number of hydrogen-bond acceptors (Lipinski definition) is 3. The summed E-state index contributed by atoms with van der Waals surface area (Å²) in [6.07, 6.45) is 0. The van der Waals surface area contributed by atoms with E-state index in [2.05, 4.69) is 228 Å². The minimum Gasteiger partial charge on any atom is -0.208 e. The second kappa shape index (κ2) is 14.3. The molecule has 62 heavy (non-hydrogen) atoms. The molecule has 9 aromatic rings. The van der Waals surface area contributed by atoms with Gasteiger partial charge in [-0.05, 0) is 85.0 Å². The Morgan fingerprint density at radius 2 is 0.806 bits per heavy atom. The molecule has 2 aliphatic carbocycles. The number of fused-ring (bicyclic) bond motifs is 6. The lowest BCUT2D eigenvalue weighted by Crippen LogP contribution is -2.37. The predicted molar refractivity (Wildman–Crippen MR) is 259 cm³/mol. The molecule has 3 nitrogen and oxygen atoms in total. The number of aromatic nitrogens is 3. The predicted octanol–water partition coefficient (Wildman–Crippen LogP) is 13.8. The Kier molecular flexibility index (Phi) is 8.75. The zero-order valence-electron chi connectivity index (χ0n) is 35.8. The molecule has 0 saturated heterocycles. The van der Waals surface area contributed by atoms with Crippen LogP contribution < -0.4 is 5.19 Å². The van der Waals surface area contributed by atoms with E-state index in [0.29, 0.717) is 17.5 Å². The van der Waals surface area contributed by atoms with E-state index in [9.17, 15) is 0 Å². The van der Waals surface area contributed by atoms with Crippen LogP contribution in [0.1, 0.15) is 47.2 Å². The van der Waals surface area contributed by atoms with E-state index in [-0.39, 0.29) is 5.41 Å². The van der Waals surface area contributed by atoms with Gasteiger partial charge < -0.3 is 0 Å². The van der Waals surface area contributed by atoms with Crippen LogP contribution in [0.5, 0.6) is 0 Å². The Labute approximate surface area is 365 Å². The van der Waals surface area contributed by atoms with E-state index in [4.69, 9.17) is 15.0 Å². The number of rotatable bonds is 7. The molecule has 11 rings (SSSR count). The molecule has 2 aliphatic rings. The van der Waals surface area contributed by atoms with Crippen LogP contribution in [0.4, 0.5) is 0 Å². The van der Waals surface area contributed by atoms with Gasteiger partial charge in [0.2, 0.25) is 0 Å². The van der Waals surface area contributed by atoms with Crippen LogP contribution in [0, 0.1) is 0 Å². The highest BCUT2D eigenvalue weighted by molar-refractivity contribution is 6.88. The van der Waals surface area contributed by atoms with E-state index >= 15 is 0 Å². The van der Waals surface area contributed by atoms with Gasteiger partial charge in [0.15, 0.2) is 17.5 Å². The van der Waals surface area contributed by atoms with Gasteiger partial charge in [-0.15, -0.1) is 0 Å². The van der Waals surface area contributed by atoms with Crippen LogP contribution in [0.15, 0.2) is 194 Å². The van der Waals surface area contributed by atoms with Gasteiger partial charge in [0.1, 0.15) is 0 Å². The van der Waals surface area contributed by atoms with Crippen molar-refractivity contribution < 1.29 is 0 Å². The Hall–Kier alpha value is -7.01. The third kappa shape index (κ3) is 5.96. The third-order valence-electron chi connectivity index (χ3n) is 13.4. The molecule has 0 atom stereocenters. The van der Waals surface area contributed by atoms with Crippen molar-refractivity contribution >= 4 is 13.3 Å². The molecule has 298 valence electrons. The van der Waals surface area contributed by atoms with Crippen molar-refractivity contribution in [2.45, 2.75) is 44.3 Å². The molecule has 0 spiro atoms. The van der Waals surface area contributed by atoms with Gasteiger partial charge >= 0.3 is 0 Å². The number of nitrogens with zero attached hydrogens (tertiary/aromatic N) is 3. The fourth-order valence-electron chi connectivity index (χ4n) is 10.2. The average Bonchev–Trinajstić information content (AvgIpc) is 3.74. The fraction of sp³-hybridized carbons (Fsp3) is 0.121. The number of benzene rings is 8. The second-order valence-corrected chi connectivity index (χ2v) is 23.5. The summed E-state index contributed by atoms with van der Waals surface area (Å²) >= 11 is 0. The molecule has 4 heteroatoms. The summed E-state index contributed by atoms with van der Waals surface area (Å²) in [4.78, 5) is 15.7. The van der Waals surface area contributed by atoms with E-state index < -0.39 is 13.5 Å². The average molecular weight is 814 g/mol. The van der Waals surface area contributed by atoms with Crippen LogP contribution in [0.2, 0.25) is 19.6 Å². The number of hydrogen-bond donors (Lipinski definition) is 0. The van der Waals surface area contributed by atoms with E-state index in [0.717, 1.165) is 27.8 Å². The molecule has 0 aliphatic heterocycles. The summed E-state index contributed by atoms with van der Waals surface area (Å²) in [5.74, 6) is 1.99.